The second-order valence-electron chi connectivity index (χ2n) is 7.10. The van der Waals surface area contributed by atoms with E-state index in [4.69, 9.17) is 4.52 Å². The van der Waals surface area contributed by atoms with Crippen LogP contribution in [0.25, 0.3) is 11.1 Å². The number of carbonyl (C=O) groups excluding carboxylic acids is 1. The minimum absolute atomic E-state index is 0.0534. The van der Waals surface area contributed by atoms with Crippen LogP contribution in [0.4, 0.5) is 0 Å². The number of H-pyrrole nitrogens is 1. The number of pyridine rings is 1. The van der Waals surface area contributed by atoms with E-state index >= 15 is 0 Å². The number of fused-ring (bicyclic) bond motifs is 1. The summed E-state index contributed by atoms with van der Waals surface area (Å²) >= 11 is 0. The lowest BCUT2D eigenvalue weighted by Gasteiger charge is -2.24. The Labute approximate surface area is 145 Å². The van der Waals surface area contributed by atoms with Gasteiger partial charge in [0.25, 0.3) is 11.6 Å². The highest BCUT2D eigenvalue weighted by Crippen LogP contribution is 2.41. The van der Waals surface area contributed by atoms with Crippen molar-refractivity contribution >= 4 is 17.0 Å². The van der Waals surface area contributed by atoms with Crippen molar-refractivity contribution in [1.82, 2.24) is 20.0 Å². The summed E-state index contributed by atoms with van der Waals surface area (Å²) in [5.74, 6) is 0.511. The SMILES string of the molecule is Cc1noc2nc(C3CC3)cc(C(=O)N3CCCC3c3ccc[nH]3)c12. The van der Waals surface area contributed by atoms with Gasteiger partial charge in [0.2, 0.25) is 0 Å². The smallest absolute Gasteiger partial charge is 0.259 e. The first-order valence-corrected chi connectivity index (χ1v) is 8.93. The Morgan fingerprint density at radius 2 is 2.24 bits per heavy atom. The van der Waals surface area contributed by atoms with Crippen molar-refractivity contribution in [2.45, 2.75) is 44.6 Å². The minimum atomic E-state index is 0.0534. The van der Waals surface area contributed by atoms with Crippen LogP contribution in [0.1, 0.15) is 65.1 Å². The van der Waals surface area contributed by atoms with Gasteiger partial charge in [-0.25, -0.2) is 4.98 Å². The number of aryl methyl sites for hydroxylation is 1. The second-order valence-corrected chi connectivity index (χ2v) is 7.10. The molecule has 1 aliphatic carbocycles. The van der Waals surface area contributed by atoms with Crippen molar-refractivity contribution in [2.75, 3.05) is 6.54 Å². The number of hydrogen-bond acceptors (Lipinski definition) is 4. The van der Waals surface area contributed by atoms with E-state index in [-0.39, 0.29) is 11.9 Å². The molecule has 1 N–H and O–H groups in total. The topological polar surface area (TPSA) is 75.0 Å². The highest BCUT2D eigenvalue weighted by Gasteiger charge is 2.34. The molecular formula is C19H20N4O2. The summed E-state index contributed by atoms with van der Waals surface area (Å²) in [7, 11) is 0. The predicted molar refractivity (Wildman–Crippen MR) is 92.3 cm³/mol. The molecule has 2 fully saturated rings. The number of carbonyl (C=O) groups is 1. The highest BCUT2D eigenvalue weighted by molar-refractivity contribution is 6.06. The normalized spacial score (nSPS) is 20.5. The van der Waals surface area contributed by atoms with Gasteiger partial charge in [-0.3, -0.25) is 4.79 Å². The summed E-state index contributed by atoms with van der Waals surface area (Å²) < 4.78 is 5.38. The van der Waals surface area contributed by atoms with Crippen LogP contribution in [0.3, 0.4) is 0 Å². The third-order valence-corrected chi connectivity index (χ3v) is 5.36. The number of amides is 1. The first-order chi connectivity index (χ1) is 12.2. The van der Waals surface area contributed by atoms with Gasteiger partial charge in [-0.1, -0.05) is 5.16 Å². The molecule has 1 unspecified atom stereocenters. The molecule has 128 valence electrons. The Balaban J connectivity index is 1.59. The molecule has 0 aromatic carbocycles. The molecule has 3 aromatic rings. The zero-order valence-corrected chi connectivity index (χ0v) is 14.2. The Morgan fingerprint density at radius 1 is 1.36 bits per heavy atom. The summed E-state index contributed by atoms with van der Waals surface area (Å²) in [5, 5.41) is 4.80. The highest BCUT2D eigenvalue weighted by atomic mass is 16.5. The van der Waals surface area contributed by atoms with Crippen LogP contribution in [0.2, 0.25) is 0 Å². The number of hydrogen-bond donors (Lipinski definition) is 1. The van der Waals surface area contributed by atoms with Crippen LogP contribution in [0, 0.1) is 6.92 Å². The molecule has 1 saturated heterocycles. The quantitative estimate of drug-likeness (QED) is 0.791. The Morgan fingerprint density at radius 3 is 3.00 bits per heavy atom. The van der Waals surface area contributed by atoms with E-state index in [1.165, 1.54) is 0 Å². The average Bonchev–Trinajstić information content (AvgIpc) is 3.02. The lowest BCUT2D eigenvalue weighted by Crippen LogP contribution is -2.31. The summed E-state index contributed by atoms with van der Waals surface area (Å²) in [6.45, 7) is 2.64. The first kappa shape index (κ1) is 14.7. The van der Waals surface area contributed by atoms with Gasteiger partial charge in [0.05, 0.1) is 22.7 Å². The fraction of sp³-hybridized carbons (Fsp3) is 0.421. The molecule has 1 atom stereocenters. The van der Waals surface area contributed by atoms with E-state index in [2.05, 4.69) is 21.2 Å². The molecule has 2 aliphatic rings. The van der Waals surface area contributed by atoms with Crippen LogP contribution in [0.15, 0.2) is 28.9 Å². The molecular weight excluding hydrogens is 316 g/mol. The predicted octanol–water partition coefficient (Wildman–Crippen LogP) is 3.71. The Kier molecular flexibility index (Phi) is 3.20. The largest absolute Gasteiger partial charge is 0.363 e. The molecule has 5 rings (SSSR count). The van der Waals surface area contributed by atoms with Crippen molar-refractivity contribution in [3.63, 3.8) is 0 Å². The first-order valence-electron chi connectivity index (χ1n) is 8.93. The number of aromatic amines is 1. The molecule has 6 nitrogen and oxygen atoms in total. The third kappa shape index (κ3) is 2.35. The van der Waals surface area contributed by atoms with E-state index in [1.54, 1.807) is 0 Å². The monoisotopic (exact) mass is 336 g/mol. The molecule has 0 spiro atoms. The fourth-order valence-electron chi connectivity index (χ4n) is 3.91. The van der Waals surface area contributed by atoms with Gasteiger partial charge in [0, 0.05) is 30.0 Å². The van der Waals surface area contributed by atoms with E-state index in [9.17, 15) is 4.79 Å². The molecule has 6 heteroatoms. The van der Waals surface area contributed by atoms with E-state index in [0.29, 0.717) is 17.2 Å². The summed E-state index contributed by atoms with van der Waals surface area (Å²) in [4.78, 5) is 23.3. The van der Waals surface area contributed by atoms with Gasteiger partial charge >= 0.3 is 0 Å². The molecule has 3 aromatic heterocycles. The lowest BCUT2D eigenvalue weighted by molar-refractivity contribution is 0.0735. The van der Waals surface area contributed by atoms with Crippen molar-refractivity contribution in [2.24, 2.45) is 0 Å². The maximum atomic E-state index is 13.4. The van der Waals surface area contributed by atoms with E-state index in [0.717, 1.165) is 54.7 Å². The maximum absolute atomic E-state index is 13.4. The maximum Gasteiger partial charge on any atom is 0.259 e. The van der Waals surface area contributed by atoms with Crippen molar-refractivity contribution in [3.8, 4) is 0 Å². The van der Waals surface area contributed by atoms with Crippen molar-refractivity contribution < 1.29 is 9.32 Å². The van der Waals surface area contributed by atoms with Gasteiger partial charge in [0.1, 0.15) is 0 Å². The van der Waals surface area contributed by atoms with Crippen LogP contribution in [-0.2, 0) is 0 Å². The van der Waals surface area contributed by atoms with Crippen LogP contribution >= 0.6 is 0 Å². The van der Waals surface area contributed by atoms with Crippen LogP contribution in [-0.4, -0.2) is 32.5 Å². The Hall–Kier alpha value is -2.63. The van der Waals surface area contributed by atoms with E-state index < -0.39 is 0 Å². The Bertz CT molecular complexity index is 940. The summed E-state index contributed by atoms with van der Waals surface area (Å²) in [6.07, 6.45) is 6.18. The average molecular weight is 336 g/mol. The molecule has 1 saturated carbocycles. The molecule has 4 heterocycles. The minimum Gasteiger partial charge on any atom is -0.363 e. The standard InChI is InChI=1S/C19H20N4O2/c1-11-17-13(10-15(12-6-7-12)21-18(17)25-22-11)19(24)23-9-3-5-16(23)14-4-2-8-20-14/h2,4,8,10,12,16,20H,3,5-7,9H2,1H3. The number of nitrogens with zero attached hydrogens (tertiary/aromatic N) is 3. The van der Waals surface area contributed by atoms with Crippen LogP contribution in [0.5, 0.6) is 0 Å². The third-order valence-electron chi connectivity index (χ3n) is 5.36. The number of aromatic nitrogens is 3. The van der Waals surface area contributed by atoms with Gasteiger partial charge in [-0.15, -0.1) is 0 Å². The van der Waals surface area contributed by atoms with Gasteiger partial charge in [-0.05, 0) is 50.8 Å². The zero-order chi connectivity index (χ0) is 17.0. The summed E-state index contributed by atoms with van der Waals surface area (Å²) in [6, 6.07) is 6.11. The van der Waals surface area contributed by atoms with Gasteiger partial charge in [0.15, 0.2) is 0 Å². The lowest BCUT2D eigenvalue weighted by atomic mass is 10.1. The van der Waals surface area contributed by atoms with Crippen molar-refractivity contribution in [3.05, 3.63) is 47.0 Å². The van der Waals surface area contributed by atoms with Gasteiger partial charge in [-0.2, -0.15) is 0 Å². The number of nitrogens with one attached hydrogen (secondary N) is 1. The zero-order valence-electron chi connectivity index (χ0n) is 14.2. The second kappa shape index (κ2) is 5.44. The van der Waals surface area contributed by atoms with Crippen LogP contribution < -0.4 is 0 Å². The number of likely N-dealkylation sites (tertiary alicyclic amines) is 1. The van der Waals surface area contributed by atoms with E-state index in [1.807, 2.05) is 30.2 Å². The molecule has 0 bridgehead atoms. The van der Waals surface area contributed by atoms with Crippen molar-refractivity contribution in [1.29, 1.82) is 0 Å². The molecule has 0 radical (unpaired) electrons. The fourth-order valence-corrected chi connectivity index (χ4v) is 3.91. The molecule has 1 amide bonds. The number of rotatable bonds is 3. The molecule has 25 heavy (non-hydrogen) atoms. The summed E-state index contributed by atoms with van der Waals surface area (Å²) in [5.41, 5.74) is 3.96. The molecule has 1 aliphatic heterocycles. The van der Waals surface area contributed by atoms with Gasteiger partial charge < -0.3 is 14.4 Å².